The molecule has 0 saturated carbocycles. The molecule has 1 saturated heterocycles. The molecular formula is C20H21N5O. The van der Waals surface area contributed by atoms with Crippen LogP contribution in [-0.2, 0) is 6.54 Å². The van der Waals surface area contributed by atoms with E-state index in [-0.39, 0.29) is 11.8 Å². The number of carbonyl (C=O) groups is 1. The van der Waals surface area contributed by atoms with Gasteiger partial charge < -0.3 is 9.47 Å². The van der Waals surface area contributed by atoms with Gasteiger partial charge in [-0.05, 0) is 36.6 Å². The average Bonchev–Trinajstić information content (AvgIpc) is 3.17. The van der Waals surface area contributed by atoms with Gasteiger partial charge in [-0.25, -0.2) is 4.98 Å². The number of likely N-dealkylation sites (tertiary alicyclic amines) is 1. The number of imidazole rings is 1. The average molecular weight is 347 g/mol. The zero-order chi connectivity index (χ0) is 17.8. The largest absolute Gasteiger partial charge is 0.338 e. The Bertz CT molecular complexity index is 862. The highest BCUT2D eigenvalue weighted by Crippen LogP contribution is 2.27. The van der Waals surface area contributed by atoms with Gasteiger partial charge in [-0.3, -0.25) is 14.8 Å². The highest BCUT2D eigenvalue weighted by Gasteiger charge is 2.28. The van der Waals surface area contributed by atoms with E-state index in [4.69, 9.17) is 0 Å². The number of carbonyl (C=O) groups excluding carboxylic acids is 1. The molecule has 0 radical (unpaired) electrons. The van der Waals surface area contributed by atoms with E-state index in [1.807, 2.05) is 29.6 Å². The summed E-state index contributed by atoms with van der Waals surface area (Å²) in [7, 11) is 0. The third-order valence-corrected chi connectivity index (χ3v) is 4.82. The van der Waals surface area contributed by atoms with Gasteiger partial charge in [0.1, 0.15) is 5.82 Å². The van der Waals surface area contributed by atoms with Gasteiger partial charge in [-0.1, -0.05) is 6.07 Å². The third kappa shape index (κ3) is 3.49. The van der Waals surface area contributed by atoms with Gasteiger partial charge in [-0.15, -0.1) is 0 Å². The minimum absolute atomic E-state index is 0.0717. The Hall–Kier alpha value is -3.02. The van der Waals surface area contributed by atoms with E-state index < -0.39 is 0 Å². The number of pyridine rings is 2. The van der Waals surface area contributed by atoms with Gasteiger partial charge in [0.05, 0.1) is 6.54 Å². The van der Waals surface area contributed by atoms with Crippen LogP contribution in [-0.4, -0.2) is 43.4 Å². The van der Waals surface area contributed by atoms with Crippen LogP contribution in [0.25, 0.3) is 0 Å². The molecule has 3 aromatic heterocycles. The fraction of sp³-hybridized carbons (Fsp3) is 0.300. The van der Waals surface area contributed by atoms with Crippen LogP contribution in [0.4, 0.5) is 0 Å². The fourth-order valence-electron chi connectivity index (χ4n) is 3.55. The van der Waals surface area contributed by atoms with Crippen LogP contribution in [0.5, 0.6) is 0 Å². The van der Waals surface area contributed by atoms with Crippen molar-refractivity contribution >= 4 is 5.91 Å². The minimum atomic E-state index is 0.0717. The first-order chi connectivity index (χ1) is 12.8. The standard InChI is InChI=1S/C20H21N5O/c26-20(17-5-8-21-9-6-17)25-11-2-4-18(15-25)19-23-10-12-24(19)14-16-3-1-7-22-13-16/h1,3,5-10,12-13,18H,2,4,11,14-15H2. The van der Waals surface area contributed by atoms with E-state index in [2.05, 4.69) is 25.6 Å². The summed E-state index contributed by atoms with van der Waals surface area (Å²) >= 11 is 0. The maximum atomic E-state index is 12.8. The quantitative estimate of drug-likeness (QED) is 0.728. The second-order valence-corrected chi connectivity index (χ2v) is 6.60. The summed E-state index contributed by atoms with van der Waals surface area (Å²) in [5, 5.41) is 0. The topological polar surface area (TPSA) is 63.9 Å². The molecule has 1 aliphatic rings. The molecule has 1 unspecified atom stereocenters. The maximum Gasteiger partial charge on any atom is 0.253 e. The van der Waals surface area contributed by atoms with Crippen molar-refractivity contribution in [2.75, 3.05) is 13.1 Å². The lowest BCUT2D eigenvalue weighted by Crippen LogP contribution is -2.39. The molecule has 6 heteroatoms. The van der Waals surface area contributed by atoms with Crippen molar-refractivity contribution in [3.8, 4) is 0 Å². The Labute approximate surface area is 152 Å². The zero-order valence-electron chi connectivity index (χ0n) is 14.5. The molecule has 1 aliphatic heterocycles. The van der Waals surface area contributed by atoms with Crippen LogP contribution in [0.15, 0.2) is 61.4 Å². The lowest BCUT2D eigenvalue weighted by atomic mass is 9.96. The molecule has 0 aliphatic carbocycles. The fourth-order valence-corrected chi connectivity index (χ4v) is 3.55. The first-order valence-electron chi connectivity index (χ1n) is 8.90. The summed E-state index contributed by atoms with van der Waals surface area (Å²) < 4.78 is 2.17. The van der Waals surface area contributed by atoms with Crippen LogP contribution < -0.4 is 0 Å². The molecule has 0 spiro atoms. The zero-order valence-corrected chi connectivity index (χ0v) is 14.5. The summed E-state index contributed by atoms with van der Waals surface area (Å²) in [6.07, 6.45) is 12.9. The second kappa shape index (κ2) is 7.47. The van der Waals surface area contributed by atoms with Crippen LogP contribution in [0.1, 0.15) is 40.5 Å². The van der Waals surface area contributed by atoms with Crippen molar-refractivity contribution in [1.29, 1.82) is 0 Å². The highest BCUT2D eigenvalue weighted by atomic mass is 16.2. The van der Waals surface area contributed by atoms with Gasteiger partial charge in [0.2, 0.25) is 0 Å². The van der Waals surface area contributed by atoms with Crippen LogP contribution in [0.2, 0.25) is 0 Å². The number of rotatable bonds is 4. The van der Waals surface area contributed by atoms with E-state index in [0.717, 1.165) is 37.3 Å². The number of hydrogen-bond acceptors (Lipinski definition) is 4. The van der Waals surface area contributed by atoms with E-state index in [9.17, 15) is 4.79 Å². The van der Waals surface area contributed by atoms with E-state index >= 15 is 0 Å². The predicted molar refractivity (Wildman–Crippen MR) is 97.7 cm³/mol. The Morgan fingerprint density at radius 2 is 2.00 bits per heavy atom. The summed E-state index contributed by atoms with van der Waals surface area (Å²) in [6, 6.07) is 7.56. The molecule has 4 rings (SSSR count). The van der Waals surface area contributed by atoms with Crippen molar-refractivity contribution < 1.29 is 4.79 Å². The molecule has 3 aromatic rings. The van der Waals surface area contributed by atoms with Crippen molar-refractivity contribution in [3.63, 3.8) is 0 Å². The van der Waals surface area contributed by atoms with Crippen LogP contribution in [0, 0.1) is 0 Å². The number of nitrogens with zero attached hydrogens (tertiary/aromatic N) is 5. The highest BCUT2D eigenvalue weighted by molar-refractivity contribution is 5.94. The summed E-state index contributed by atoms with van der Waals surface area (Å²) in [4.78, 5) is 27.5. The lowest BCUT2D eigenvalue weighted by molar-refractivity contribution is 0.0703. The molecule has 0 N–H and O–H groups in total. The summed E-state index contributed by atoms with van der Waals surface area (Å²) in [5.41, 5.74) is 1.84. The van der Waals surface area contributed by atoms with Gasteiger partial charge >= 0.3 is 0 Å². The number of piperidine rings is 1. The molecule has 6 nitrogen and oxygen atoms in total. The lowest BCUT2D eigenvalue weighted by Gasteiger charge is -2.32. The molecule has 1 amide bonds. The van der Waals surface area contributed by atoms with Crippen molar-refractivity contribution in [2.24, 2.45) is 0 Å². The second-order valence-electron chi connectivity index (χ2n) is 6.60. The molecule has 1 fully saturated rings. The van der Waals surface area contributed by atoms with Gasteiger partial charge in [0, 0.05) is 61.8 Å². The molecule has 0 bridgehead atoms. The normalized spacial score (nSPS) is 17.2. The van der Waals surface area contributed by atoms with E-state index in [1.54, 1.807) is 30.7 Å². The number of hydrogen-bond donors (Lipinski definition) is 0. The molecule has 0 aromatic carbocycles. The molecular weight excluding hydrogens is 326 g/mol. The third-order valence-electron chi connectivity index (χ3n) is 4.82. The Balaban J connectivity index is 1.50. The first kappa shape index (κ1) is 16.4. The SMILES string of the molecule is O=C(c1ccncc1)N1CCCC(c2nccn2Cc2cccnc2)C1. The van der Waals surface area contributed by atoms with E-state index in [1.165, 1.54) is 0 Å². The molecule has 132 valence electrons. The molecule has 4 heterocycles. The summed E-state index contributed by atoms with van der Waals surface area (Å²) in [6.45, 7) is 2.24. The van der Waals surface area contributed by atoms with Crippen molar-refractivity contribution in [2.45, 2.75) is 25.3 Å². The van der Waals surface area contributed by atoms with Crippen molar-refractivity contribution in [3.05, 3.63) is 78.4 Å². The smallest absolute Gasteiger partial charge is 0.253 e. The number of amides is 1. The predicted octanol–water partition coefficient (Wildman–Crippen LogP) is 2.74. The van der Waals surface area contributed by atoms with Gasteiger partial charge in [0.15, 0.2) is 0 Å². The van der Waals surface area contributed by atoms with Gasteiger partial charge in [0.25, 0.3) is 5.91 Å². The first-order valence-corrected chi connectivity index (χ1v) is 8.90. The summed E-state index contributed by atoms with van der Waals surface area (Å²) in [5.74, 6) is 1.37. The Kier molecular flexibility index (Phi) is 4.73. The van der Waals surface area contributed by atoms with E-state index in [0.29, 0.717) is 12.1 Å². The molecule has 1 atom stereocenters. The monoisotopic (exact) mass is 347 g/mol. The molecule has 26 heavy (non-hydrogen) atoms. The van der Waals surface area contributed by atoms with Crippen LogP contribution in [0.3, 0.4) is 0 Å². The Morgan fingerprint density at radius 3 is 2.81 bits per heavy atom. The number of aromatic nitrogens is 4. The van der Waals surface area contributed by atoms with Crippen LogP contribution >= 0.6 is 0 Å². The van der Waals surface area contributed by atoms with Gasteiger partial charge in [-0.2, -0.15) is 0 Å². The maximum absolute atomic E-state index is 12.8. The minimum Gasteiger partial charge on any atom is -0.338 e. The van der Waals surface area contributed by atoms with Crippen molar-refractivity contribution in [1.82, 2.24) is 24.4 Å². The Morgan fingerprint density at radius 1 is 1.12 bits per heavy atom.